The summed E-state index contributed by atoms with van der Waals surface area (Å²) in [5.41, 5.74) is 3.62. The number of hydrogen-bond acceptors (Lipinski definition) is 2. The summed E-state index contributed by atoms with van der Waals surface area (Å²) in [6.07, 6.45) is 0.623. The molecule has 114 valence electrons. The average molecular weight is 296 g/mol. The second-order valence-corrected chi connectivity index (χ2v) is 5.15. The summed E-state index contributed by atoms with van der Waals surface area (Å²) >= 11 is 0. The first-order valence-electron chi connectivity index (χ1n) is 7.32. The van der Waals surface area contributed by atoms with Crippen LogP contribution >= 0.6 is 0 Å². The number of hydrogen-bond donors (Lipinski definition) is 2. The number of amides is 2. The molecule has 0 unspecified atom stereocenters. The molecule has 0 radical (unpaired) electrons. The van der Waals surface area contributed by atoms with Crippen molar-refractivity contribution in [1.29, 1.82) is 0 Å². The van der Waals surface area contributed by atoms with E-state index in [4.69, 9.17) is 0 Å². The zero-order valence-electron chi connectivity index (χ0n) is 12.8. The summed E-state index contributed by atoms with van der Waals surface area (Å²) in [6.45, 7) is 4.00. The van der Waals surface area contributed by atoms with Gasteiger partial charge in [0.25, 0.3) is 0 Å². The van der Waals surface area contributed by atoms with Crippen molar-refractivity contribution in [3.05, 3.63) is 59.7 Å². The molecular formula is C18H20N2O2. The molecule has 0 aliphatic carbocycles. The fourth-order valence-electron chi connectivity index (χ4n) is 2.13. The van der Waals surface area contributed by atoms with Gasteiger partial charge in [0.05, 0.1) is 0 Å². The summed E-state index contributed by atoms with van der Waals surface area (Å²) in [5, 5.41) is 5.50. The number of nitrogens with one attached hydrogen (secondary N) is 2. The number of rotatable bonds is 5. The molecule has 2 aromatic rings. The first-order valence-corrected chi connectivity index (χ1v) is 7.32. The lowest BCUT2D eigenvalue weighted by molar-refractivity contribution is -0.123. The SMILES string of the molecule is CCc1ccccc1NC(=O)CC(=O)Nc1ccc(C)cc1. The number of aryl methyl sites for hydroxylation is 2. The smallest absolute Gasteiger partial charge is 0.233 e. The number of benzene rings is 2. The van der Waals surface area contributed by atoms with Gasteiger partial charge in [-0.15, -0.1) is 0 Å². The highest BCUT2D eigenvalue weighted by Gasteiger charge is 2.11. The Morgan fingerprint density at radius 1 is 0.909 bits per heavy atom. The third kappa shape index (κ3) is 4.45. The molecule has 0 saturated carbocycles. The van der Waals surface area contributed by atoms with Crippen molar-refractivity contribution in [2.45, 2.75) is 26.7 Å². The molecule has 2 N–H and O–H groups in total. The summed E-state index contributed by atoms with van der Waals surface area (Å²) in [6, 6.07) is 15.0. The molecule has 0 fully saturated rings. The third-order valence-corrected chi connectivity index (χ3v) is 3.33. The quantitative estimate of drug-likeness (QED) is 0.829. The number of carbonyl (C=O) groups excluding carboxylic acids is 2. The first kappa shape index (κ1) is 15.8. The van der Waals surface area contributed by atoms with Gasteiger partial charge in [-0.05, 0) is 37.1 Å². The van der Waals surface area contributed by atoms with Gasteiger partial charge in [0.2, 0.25) is 11.8 Å². The maximum absolute atomic E-state index is 12.0. The molecule has 0 aliphatic heterocycles. The minimum absolute atomic E-state index is 0.202. The van der Waals surface area contributed by atoms with Crippen LogP contribution in [0.2, 0.25) is 0 Å². The Labute approximate surface area is 130 Å². The summed E-state index contributed by atoms with van der Waals surface area (Å²) in [5.74, 6) is -0.638. The van der Waals surface area contributed by atoms with Crippen LogP contribution in [0.1, 0.15) is 24.5 Å². The van der Waals surface area contributed by atoms with Crippen LogP contribution in [0.5, 0.6) is 0 Å². The van der Waals surface area contributed by atoms with E-state index in [-0.39, 0.29) is 18.2 Å². The Morgan fingerprint density at radius 2 is 1.55 bits per heavy atom. The largest absolute Gasteiger partial charge is 0.326 e. The number of para-hydroxylation sites is 1. The zero-order chi connectivity index (χ0) is 15.9. The molecule has 0 spiro atoms. The van der Waals surface area contributed by atoms with Crippen molar-refractivity contribution in [1.82, 2.24) is 0 Å². The maximum Gasteiger partial charge on any atom is 0.233 e. The van der Waals surface area contributed by atoms with Gasteiger partial charge in [0.1, 0.15) is 6.42 Å². The van der Waals surface area contributed by atoms with Gasteiger partial charge in [-0.3, -0.25) is 9.59 Å². The lowest BCUT2D eigenvalue weighted by Crippen LogP contribution is -2.21. The highest BCUT2D eigenvalue weighted by Crippen LogP contribution is 2.16. The van der Waals surface area contributed by atoms with Crippen molar-refractivity contribution in [2.24, 2.45) is 0 Å². The van der Waals surface area contributed by atoms with Crippen molar-refractivity contribution in [3.8, 4) is 0 Å². The highest BCUT2D eigenvalue weighted by molar-refractivity contribution is 6.08. The Bertz CT molecular complexity index is 663. The normalized spacial score (nSPS) is 10.1. The van der Waals surface area contributed by atoms with Gasteiger partial charge >= 0.3 is 0 Å². The summed E-state index contributed by atoms with van der Waals surface area (Å²) in [7, 11) is 0. The van der Waals surface area contributed by atoms with Crippen LogP contribution in [0.25, 0.3) is 0 Å². The second-order valence-electron chi connectivity index (χ2n) is 5.15. The maximum atomic E-state index is 12.0. The fraction of sp³-hybridized carbons (Fsp3) is 0.222. The third-order valence-electron chi connectivity index (χ3n) is 3.33. The van der Waals surface area contributed by atoms with E-state index in [9.17, 15) is 9.59 Å². The summed E-state index contributed by atoms with van der Waals surface area (Å²) in [4.78, 5) is 23.8. The Morgan fingerprint density at radius 3 is 2.23 bits per heavy atom. The monoisotopic (exact) mass is 296 g/mol. The zero-order valence-corrected chi connectivity index (χ0v) is 12.8. The first-order chi connectivity index (χ1) is 10.6. The Hall–Kier alpha value is -2.62. The minimum atomic E-state index is -0.324. The average Bonchev–Trinajstić information content (AvgIpc) is 2.50. The second kappa shape index (κ2) is 7.41. The molecule has 2 aromatic carbocycles. The van der Waals surface area contributed by atoms with Gasteiger partial charge in [-0.2, -0.15) is 0 Å². The van der Waals surface area contributed by atoms with Crippen LogP contribution in [0.4, 0.5) is 11.4 Å². The number of carbonyl (C=O) groups is 2. The van der Waals surface area contributed by atoms with E-state index < -0.39 is 0 Å². The van der Waals surface area contributed by atoms with Crippen molar-refractivity contribution in [2.75, 3.05) is 10.6 Å². The molecule has 22 heavy (non-hydrogen) atoms. The van der Waals surface area contributed by atoms with E-state index in [0.717, 1.165) is 23.2 Å². The topological polar surface area (TPSA) is 58.2 Å². The van der Waals surface area contributed by atoms with Gasteiger partial charge in [-0.1, -0.05) is 42.8 Å². The predicted molar refractivity (Wildman–Crippen MR) is 88.9 cm³/mol. The van der Waals surface area contributed by atoms with E-state index in [0.29, 0.717) is 5.69 Å². The molecule has 0 bridgehead atoms. The molecule has 4 nitrogen and oxygen atoms in total. The van der Waals surface area contributed by atoms with Crippen LogP contribution in [0, 0.1) is 6.92 Å². The van der Waals surface area contributed by atoms with Gasteiger partial charge in [0.15, 0.2) is 0 Å². The van der Waals surface area contributed by atoms with E-state index in [2.05, 4.69) is 10.6 Å². The van der Waals surface area contributed by atoms with E-state index in [1.807, 2.05) is 62.4 Å². The van der Waals surface area contributed by atoms with Crippen LogP contribution in [0.3, 0.4) is 0 Å². The Kier molecular flexibility index (Phi) is 5.31. The van der Waals surface area contributed by atoms with Gasteiger partial charge < -0.3 is 10.6 Å². The standard InChI is InChI=1S/C18H20N2O2/c1-3-14-6-4-5-7-16(14)20-18(22)12-17(21)19-15-10-8-13(2)9-11-15/h4-11H,3,12H2,1-2H3,(H,19,21)(H,20,22). The Balaban J connectivity index is 1.91. The lowest BCUT2D eigenvalue weighted by atomic mass is 10.1. The van der Waals surface area contributed by atoms with Crippen LogP contribution in [-0.4, -0.2) is 11.8 Å². The van der Waals surface area contributed by atoms with Crippen molar-refractivity contribution in [3.63, 3.8) is 0 Å². The molecule has 0 heterocycles. The molecule has 0 atom stereocenters. The van der Waals surface area contributed by atoms with E-state index in [1.54, 1.807) is 0 Å². The van der Waals surface area contributed by atoms with E-state index in [1.165, 1.54) is 0 Å². The van der Waals surface area contributed by atoms with E-state index >= 15 is 0 Å². The van der Waals surface area contributed by atoms with Crippen molar-refractivity contribution >= 4 is 23.2 Å². The van der Waals surface area contributed by atoms with Crippen molar-refractivity contribution < 1.29 is 9.59 Å². The minimum Gasteiger partial charge on any atom is -0.326 e. The highest BCUT2D eigenvalue weighted by atomic mass is 16.2. The predicted octanol–water partition coefficient (Wildman–Crippen LogP) is 3.52. The molecule has 0 aliphatic rings. The van der Waals surface area contributed by atoms with Gasteiger partial charge in [0, 0.05) is 11.4 Å². The molecular weight excluding hydrogens is 276 g/mol. The molecule has 4 heteroatoms. The summed E-state index contributed by atoms with van der Waals surface area (Å²) < 4.78 is 0. The molecule has 2 rings (SSSR count). The van der Waals surface area contributed by atoms with Crippen LogP contribution in [-0.2, 0) is 16.0 Å². The molecule has 0 saturated heterocycles. The molecule has 2 amide bonds. The van der Waals surface area contributed by atoms with Crippen LogP contribution in [0.15, 0.2) is 48.5 Å². The van der Waals surface area contributed by atoms with Crippen LogP contribution < -0.4 is 10.6 Å². The fourth-order valence-corrected chi connectivity index (χ4v) is 2.13. The lowest BCUT2D eigenvalue weighted by Gasteiger charge is -2.10. The van der Waals surface area contributed by atoms with Gasteiger partial charge in [-0.25, -0.2) is 0 Å². The molecule has 0 aromatic heterocycles. The number of anilines is 2.